The maximum atomic E-state index is 13.1. The van der Waals surface area contributed by atoms with Gasteiger partial charge in [-0.05, 0) is 31.7 Å². The average Bonchev–Trinajstić information content (AvgIpc) is 2.73. The van der Waals surface area contributed by atoms with Gasteiger partial charge in [0.1, 0.15) is 11.4 Å². The molecule has 0 radical (unpaired) electrons. The van der Waals surface area contributed by atoms with Crippen molar-refractivity contribution in [1.29, 1.82) is 0 Å². The van der Waals surface area contributed by atoms with E-state index in [4.69, 9.17) is 4.74 Å². The molecule has 1 N–H and O–H groups in total. The highest BCUT2D eigenvalue weighted by Gasteiger charge is 2.40. The highest BCUT2D eigenvalue weighted by molar-refractivity contribution is 7.86. The van der Waals surface area contributed by atoms with E-state index in [0.29, 0.717) is 19.4 Å². The van der Waals surface area contributed by atoms with Gasteiger partial charge in [-0.3, -0.25) is 4.79 Å². The summed E-state index contributed by atoms with van der Waals surface area (Å²) in [6.45, 7) is 4.91. The zero-order chi connectivity index (χ0) is 21.2. The molecule has 2 atom stereocenters. The van der Waals surface area contributed by atoms with E-state index in [1.807, 2.05) is 24.3 Å². The Kier molecular flexibility index (Phi) is 6.55. The molecule has 0 saturated carbocycles. The van der Waals surface area contributed by atoms with Gasteiger partial charge in [-0.2, -0.15) is 17.0 Å². The number of fused-ring (bicyclic) bond motifs is 1. The van der Waals surface area contributed by atoms with Crippen LogP contribution in [0.25, 0.3) is 0 Å². The number of rotatable bonds is 6. The Hall–Kier alpha value is -1.64. The van der Waals surface area contributed by atoms with Gasteiger partial charge in [0.2, 0.25) is 5.91 Å². The third-order valence-corrected chi connectivity index (χ3v) is 8.25. The largest absolute Gasteiger partial charge is 0.487 e. The Morgan fingerprint density at radius 1 is 1.28 bits per heavy atom. The molecule has 162 valence electrons. The first-order valence-corrected chi connectivity index (χ1v) is 11.9. The van der Waals surface area contributed by atoms with Crippen LogP contribution in [-0.4, -0.2) is 55.7 Å². The van der Waals surface area contributed by atoms with E-state index in [1.165, 1.54) is 22.7 Å². The molecule has 1 amide bonds. The maximum absolute atomic E-state index is 13.1. The van der Waals surface area contributed by atoms with Crippen LogP contribution in [0.5, 0.6) is 5.75 Å². The Morgan fingerprint density at radius 2 is 1.97 bits per heavy atom. The number of carbonyl (C=O) groups is 1. The topological polar surface area (TPSA) is 79.0 Å². The second kappa shape index (κ2) is 8.62. The minimum Gasteiger partial charge on any atom is -0.487 e. The molecule has 0 aliphatic carbocycles. The Balaban J connectivity index is 1.77. The van der Waals surface area contributed by atoms with E-state index in [-0.39, 0.29) is 30.0 Å². The fraction of sp³-hybridized carbons (Fsp3) is 0.667. The zero-order valence-corrected chi connectivity index (χ0v) is 18.7. The van der Waals surface area contributed by atoms with Crippen LogP contribution in [0.4, 0.5) is 0 Å². The number of piperidine rings is 1. The number of benzene rings is 1. The van der Waals surface area contributed by atoms with Gasteiger partial charge < -0.3 is 10.1 Å². The Morgan fingerprint density at radius 3 is 2.62 bits per heavy atom. The lowest BCUT2D eigenvalue weighted by molar-refractivity contribution is -0.127. The summed E-state index contributed by atoms with van der Waals surface area (Å²) < 4.78 is 33.9. The quantitative estimate of drug-likeness (QED) is 0.763. The smallest absolute Gasteiger partial charge is 0.281 e. The average molecular weight is 424 g/mol. The maximum Gasteiger partial charge on any atom is 0.281 e. The van der Waals surface area contributed by atoms with Gasteiger partial charge in [0, 0.05) is 39.2 Å². The van der Waals surface area contributed by atoms with Crippen LogP contribution >= 0.6 is 0 Å². The van der Waals surface area contributed by atoms with Gasteiger partial charge in [-0.1, -0.05) is 32.0 Å². The molecule has 2 heterocycles. The Labute approximate surface area is 174 Å². The van der Waals surface area contributed by atoms with Gasteiger partial charge >= 0.3 is 0 Å². The molecule has 2 aliphatic heterocycles. The minimum atomic E-state index is -3.51. The number of ether oxygens (including phenoxy) is 1. The van der Waals surface area contributed by atoms with Crippen LogP contribution in [0, 0.1) is 5.92 Å². The fourth-order valence-corrected chi connectivity index (χ4v) is 5.51. The number of para-hydroxylation sites is 1. The van der Waals surface area contributed by atoms with Crippen molar-refractivity contribution in [2.75, 3.05) is 27.2 Å². The summed E-state index contributed by atoms with van der Waals surface area (Å²) in [6, 6.07) is 7.73. The molecular weight excluding hydrogens is 390 g/mol. The zero-order valence-electron chi connectivity index (χ0n) is 17.8. The summed E-state index contributed by atoms with van der Waals surface area (Å²) in [6.07, 6.45) is 3.83. The summed E-state index contributed by atoms with van der Waals surface area (Å²) in [5.41, 5.74) is 0.700. The molecule has 7 nitrogen and oxygen atoms in total. The van der Waals surface area contributed by atoms with Crippen molar-refractivity contribution >= 4 is 16.1 Å². The number of carbonyl (C=O) groups excluding carboxylic acids is 1. The molecule has 1 aromatic rings. The van der Waals surface area contributed by atoms with Crippen LogP contribution in [0.15, 0.2) is 24.3 Å². The third-order valence-electron chi connectivity index (χ3n) is 6.34. The van der Waals surface area contributed by atoms with Crippen LogP contribution in [0.1, 0.15) is 57.6 Å². The lowest BCUT2D eigenvalue weighted by Gasteiger charge is -2.42. The predicted molar refractivity (Wildman–Crippen MR) is 113 cm³/mol. The summed E-state index contributed by atoms with van der Waals surface area (Å²) in [4.78, 5) is 13.1. The molecule has 8 heteroatoms. The first-order valence-electron chi connectivity index (χ1n) is 10.5. The number of nitrogens with one attached hydrogen (secondary N) is 1. The molecule has 1 fully saturated rings. The fourth-order valence-electron chi connectivity index (χ4n) is 4.32. The normalized spacial score (nSPS) is 24.6. The van der Waals surface area contributed by atoms with E-state index in [1.54, 1.807) is 0 Å². The van der Waals surface area contributed by atoms with Crippen molar-refractivity contribution in [3.8, 4) is 5.75 Å². The molecule has 1 aromatic carbocycles. The molecular formula is C21H33N3O4S. The van der Waals surface area contributed by atoms with Crippen molar-refractivity contribution in [1.82, 2.24) is 13.9 Å². The monoisotopic (exact) mass is 423 g/mol. The lowest BCUT2D eigenvalue weighted by Crippen LogP contribution is -2.50. The van der Waals surface area contributed by atoms with Crippen LogP contribution in [0.3, 0.4) is 0 Å². The molecule has 1 saturated heterocycles. The van der Waals surface area contributed by atoms with Gasteiger partial charge in [0.25, 0.3) is 10.2 Å². The summed E-state index contributed by atoms with van der Waals surface area (Å²) in [7, 11) is -0.466. The highest BCUT2D eigenvalue weighted by Crippen LogP contribution is 2.42. The summed E-state index contributed by atoms with van der Waals surface area (Å²) in [5, 5.41) is 3.22. The molecule has 29 heavy (non-hydrogen) atoms. The van der Waals surface area contributed by atoms with Crippen molar-refractivity contribution in [2.24, 2.45) is 5.92 Å². The molecule has 0 spiro atoms. The number of hydrogen-bond donors (Lipinski definition) is 1. The highest BCUT2D eigenvalue weighted by atomic mass is 32.2. The van der Waals surface area contributed by atoms with Gasteiger partial charge in [-0.25, -0.2) is 0 Å². The summed E-state index contributed by atoms with van der Waals surface area (Å²) in [5.74, 6) is 0.408. The minimum absolute atomic E-state index is 0.0773. The van der Waals surface area contributed by atoms with Gasteiger partial charge in [0.15, 0.2) is 0 Å². The first-order chi connectivity index (χ1) is 13.7. The van der Waals surface area contributed by atoms with Crippen molar-refractivity contribution in [3.63, 3.8) is 0 Å². The van der Waals surface area contributed by atoms with Crippen LogP contribution in [0.2, 0.25) is 0 Å². The van der Waals surface area contributed by atoms with E-state index >= 15 is 0 Å². The lowest BCUT2D eigenvalue weighted by atomic mass is 9.83. The van der Waals surface area contributed by atoms with E-state index < -0.39 is 10.2 Å². The molecule has 2 aliphatic rings. The number of hydrogen-bond acceptors (Lipinski definition) is 4. The van der Waals surface area contributed by atoms with Gasteiger partial charge in [-0.15, -0.1) is 0 Å². The molecule has 2 unspecified atom stereocenters. The molecule has 0 aromatic heterocycles. The van der Waals surface area contributed by atoms with E-state index in [2.05, 4.69) is 19.2 Å². The predicted octanol–water partition coefficient (Wildman–Crippen LogP) is 2.70. The van der Waals surface area contributed by atoms with Crippen LogP contribution < -0.4 is 10.1 Å². The molecule has 0 bridgehead atoms. The number of amides is 1. The Bertz CT molecular complexity index is 836. The second-order valence-corrected chi connectivity index (χ2v) is 10.4. The van der Waals surface area contributed by atoms with E-state index in [0.717, 1.165) is 30.6 Å². The van der Waals surface area contributed by atoms with E-state index in [9.17, 15) is 13.2 Å². The SMILES string of the molecule is CCC1(CC)CC(NC(=O)C2CCCN(S(=O)(=O)N(C)C)C2)c2ccccc2O1. The number of nitrogens with zero attached hydrogens (tertiary/aromatic N) is 2. The summed E-state index contributed by atoms with van der Waals surface area (Å²) >= 11 is 0. The standard InChI is InChI=1S/C21H33N3O4S/c1-5-21(6-2)14-18(17-11-7-8-12-19(17)28-21)22-20(25)16-10-9-13-24(15-16)29(26,27)23(3)4/h7-8,11-12,16,18H,5-6,9-10,13-15H2,1-4H3,(H,22,25). The second-order valence-electron chi connectivity index (χ2n) is 8.28. The first kappa shape index (κ1) is 22.1. The van der Waals surface area contributed by atoms with Gasteiger partial charge in [0.05, 0.1) is 12.0 Å². The molecule has 3 rings (SSSR count). The van der Waals surface area contributed by atoms with Crippen molar-refractivity contribution in [2.45, 2.75) is 57.6 Å². The third kappa shape index (κ3) is 4.44. The van der Waals surface area contributed by atoms with Crippen molar-refractivity contribution < 1.29 is 17.9 Å². The van der Waals surface area contributed by atoms with Crippen molar-refractivity contribution in [3.05, 3.63) is 29.8 Å². The van der Waals surface area contributed by atoms with Crippen LogP contribution in [-0.2, 0) is 15.0 Å².